The summed E-state index contributed by atoms with van der Waals surface area (Å²) >= 11 is 5.71. The molecule has 0 saturated carbocycles. The van der Waals surface area contributed by atoms with Crippen LogP contribution in [0, 0.1) is 5.92 Å². The molecule has 1 fully saturated rings. The Balaban J connectivity index is 2.06. The Labute approximate surface area is 88.1 Å². The van der Waals surface area contributed by atoms with Gasteiger partial charge in [0, 0.05) is 13.1 Å². The van der Waals surface area contributed by atoms with E-state index >= 15 is 0 Å². The topological polar surface area (TPSA) is 55.0 Å². The molecule has 0 bridgehead atoms. The van der Waals surface area contributed by atoms with Crippen LogP contribution in [-0.2, 0) is 0 Å². The first kappa shape index (κ1) is 9.68. The molecule has 2 N–H and O–H groups in total. The minimum Gasteiger partial charge on any atom is -0.340 e. The standard InChI is InChI=1S/C9H13ClN4/c10-8-4-12-9(13-5-8)14-2-1-7(3-11)6-14/h4-5,7H,1-3,6,11H2/t7-/m1/s1. The van der Waals surface area contributed by atoms with E-state index in [0.717, 1.165) is 32.0 Å². The highest BCUT2D eigenvalue weighted by Gasteiger charge is 2.22. The van der Waals surface area contributed by atoms with Gasteiger partial charge in [0.15, 0.2) is 0 Å². The van der Waals surface area contributed by atoms with Gasteiger partial charge in [-0.2, -0.15) is 0 Å². The zero-order chi connectivity index (χ0) is 9.97. The first-order valence-electron chi connectivity index (χ1n) is 4.72. The molecule has 0 aliphatic carbocycles. The molecule has 0 radical (unpaired) electrons. The molecule has 4 nitrogen and oxygen atoms in total. The predicted molar refractivity (Wildman–Crippen MR) is 56.4 cm³/mol. The van der Waals surface area contributed by atoms with Crippen molar-refractivity contribution >= 4 is 17.5 Å². The van der Waals surface area contributed by atoms with E-state index in [2.05, 4.69) is 14.9 Å². The van der Waals surface area contributed by atoms with Crippen LogP contribution in [0.25, 0.3) is 0 Å². The van der Waals surface area contributed by atoms with Crippen molar-refractivity contribution in [1.82, 2.24) is 9.97 Å². The van der Waals surface area contributed by atoms with E-state index in [1.165, 1.54) is 0 Å². The number of aromatic nitrogens is 2. The molecule has 1 aromatic rings. The molecule has 0 amide bonds. The lowest BCUT2D eigenvalue weighted by Gasteiger charge is -2.15. The van der Waals surface area contributed by atoms with Gasteiger partial charge in [-0.15, -0.1) is 0 Å². The van der Waals surface area contributed by atoms with Gasteiger partial charge in [0.05, 0.1) is 17.4 Å². The second-order valence-electron chi connectivity index (χ2n) is 3.54. The lowest BCUT2D eigenvalue weighted by molar-refractivity contribution is 0.602. The number of halogens is 1. The van der Waals surface area contributed by atoms with Crippen LogP contribution in [0.4, 0.5) is 5.95 Å². The smallest absolute Gasteiger partial charge is 0.225 e. The van der Waals surface area contributed by atoms with E-state index in [0.29, 0.717) is 10.9 Å². The van der Waals surface area contributed by atoms with Gasteiger partial charge >= 0.3 is 0 Å². The largest absolute Gasteiger partial charge is 0.340 e. The highest BCUT2D eigenvalue weighted by Crippen LogP contribution is 2.19. The van der Waals surface area contributed by atoms with Crippen LogP contribution in [0.2, 0.25) is 5.02 Å². The highest BCUT2D eigenvalue weighted by atomic mass is 35.5. The first-order chi connectivity index (χ1) is 6.79. The van der Waals surface area contributed by atoms with E-state index in [1.807, 2.05) is 0 Å². The third-order valence-corrected chi connectivity index (χ3v) is 2.70. The maximum Gasteiger partial charge on any atom is 0.225 e. The zero-order valence-corrected chi connectivity index (χ0v) is 8.61. The summed E-state index contributed by atoms with van der Waals surface area (Å²) in [6.45, 7) is 2.69. The Morgan fingerprint density at radius 1 is 1.50 bits per heavy atom. The average Bonchev–Trinajstić information content (AvgIpc) is 2.67. The van der Waals surface area contributed by atoms with Crippen molar-refractivity contribution in [2.24, 2.45) is 11.7 Å². The maximum absolute atomic E-state index is 5.71. The molecular weight excluding hydrogens is 200 g/mol. The molecule has 0 unspecified atom stereocenters. The number of anilines is 1. The normalized spacial score (nSPS) is 21.6. The Kier molecular flexibility index (Phi) is 2.84. The second-order valence-corrected chi connectivity index (χ2v) is 3.97. The fourth-order valence-electron chi connectivity index (χ4n) is 1.68. The molecule has 76 valence electrons. The minimum atomic E-state index is 0.573. The second kappa shape index (κ2) is 4.11. The lowest BCUT2D eigenvalue weighted by Crippen LogP contribution is -2.24. The Hall–Kier alpha value is -0.870. The molecule has 1 aromatic heterocycles. The number of hydrogen-bond acceptors (Lipinski definition) is 4. The molecule has 2 heterocycles. The van der Waals surface area contributed by atoms with Gasteiger partial charge in [-0.25, -0.2) is 9.97 Å². The number of hydrogen-bond donors (Lipinski definition) is 1. The van der Waals surface area contributed by atoms with Gasteiger partial charge in [-0.1, -0.05) is 11.6 Å². The molecule has 1 aliphatic rings. The molecule has 2 rings (SSSR count). The van der Waals surface area contributed by atoms with Crippen LogP contribution in [0.15, 0.2) is 12.4 Å². The molecular formula is C9H13ClN4. The molecule has 1 atom stereocenters. The van der Waals surface area contributed by atoms with Gasteiger partial charge in [-0.05, 0) is 18.9 Å². The van der Waals surface area contributed by atoms with Crippen LogP contribution >= 0.6 is 11.6 Å². The quantitative estimate of drug-likeness (QED) is 0.792. The van der Waals surface area contributed by atoms with Crippen molar-refractivity contribution in [2.75, 3.05) is 24.5 Å². The van der Waals surface area contributed by atoms with Gasteiger partial charge < -0.3 is 10.6 Å². The summed E-state index contributed by atoms with van der Waals surface area (Å²) in [6, 6.07) is 0. The lowest BCUT2D eigenvalue weighted by atomic mass is 10.1. The van der Waals surface area contributed by atoms with Gasteiger partial charge in [0.25, 0.3) is 0 Å². The predicted octanol–water partition coefficient (Wildman–Crippen LogP) is 0.915. The third kappa shape index (κ3) is 1.96. The Bertz CT molecular complexity index is 300. The molecule has 14 heavy (non-hydrogen) atoms. The minimum absolute atomic E-state index is 0.573. The van der Waals surface area contributed by atoms with E-state index in [9.17, 15) is 0 Å². The summed E-state index contributed by atoms with van der Waals surface area (Å²) in [5, 5.41) is 0.573. The Morgan fingerprint density at radius 3 is 2.79 bits per heavy atom. The third-order valence-electron chi connectivity index (χ3n) is 2.51. The summed E-state index contributed by atoms with van der Waals surface area (Å²) in [4.78, 5) is 10.5. The zero-order valence-electron chi connectivity index (χ0n) is 7.86. The molecule has 1 saturated heterocycles. The first-order valence-corrected chi connectivity index (χ1v) is 5.10. The fraction of sp³-hybridized carbons (Fsp3) is 0.556. The summed E-state index contributed by atoms with van der Waals surface area (Å²) in [5.41, 5.74) is 5.61. The molecule has 0 spiro atoms. The van der Waals surface area contributed by atoms with Gasteiger partial charge in [0.2, 0.25) is 5.95 Å². The summed E-state index contributed by atoms with van der Waals surface area (Å²) < 4.78 is 0. The monoisotopic (exact) mass is 212 g/mol. The van der Waals surface area contributed by atoms with Crippen molar-refractivity contribution in [3.63, 3.8) is 0 Å². The number of nitrogens with two attached hydrogens (primary N) is 1. The molecule has 5 heteroatoms. The summed E-state index contributed by atoms with van der Waals surface area (Å²) in [6.07, 6.45) is 4.38. The summed E-state index contributed by atoms with van der Waals surface area (Å²) in [5.74, 6) is 1.33. The number of nitrogens with zero attached hydrogens (tertiary/aromatic N) is 3. The molecule has 0 aromatic carbocycles. The van der Waals surface area contributed by atoms with Crippen LogP contribution in [-0.4, -0.2) is 29.6 Å². The van der Waals surface area contributed by atoms with Crippen molar-refractivity contribution in [3.05, 3.63) is 17.4 Å². The van der Waals surface area contributed by atoms with E-state index in [4.69, 9.17) is 17.3 Å². The van der Waals surface area contributed by atoms with Crippen LogP contribution in [0.5, 0.6) is 0 Å². The number of rotatable bonds is 2. The van der Waals surface area contributed by atoms with Gasteiger partial charge in [0.1, 0.15) is 0 Å². The van der Waals surface area contributed by atoms with Crippen LogP contribution in [0.1, 0.15) is 6.42 Å². The van der Waals surface area contributed by atoms with E-state index < -0.39 is 0 Å². The van der Waals surface area contributed by atoms with Crippen molar-refractivity contribution in [2.45, 2.75) is 6.42 Å². The van der Waals surface area contributed by atoms with Crippen LogP contribution < -0.4 is 10.6 Å². The van der Waals surface area contributed by atoms with Crippen molar-refractivity contribution in [3.8, 4) is 0 Å². The average molecular weight is 213 g/mol. The maximum atomic E-state index is 5.71. The van der Waals surface area contributed by atoms with E-state index in [-0.39, 0.29) is 0 Å². The van der Waals surface area contributed by atoms with Crippen molar-refractivity contribution < 1.29 is 0 Å². The molecule has 1 aliphatic heterocycles. The fourth-order valence-corrected chi connectivity index (χ4v) is 1.77. The van der Waals surface area contributed by atoms with Gasteiger partial charge in [-0.3, -0.25) is 0 Å². The Morgan fingerprint density at radius 2 is 2.21 bits per heavy atom. The van der Waals surface area contributed by atoms with Crippen LogP contribution in [0.3, 0.4) is 0 Å². The summed E-state index contributed by atoms with van der Waals surface area (Å²) in [7, 11) is 0. The SMILES string of the molecule is NC[C@H]1CCN(c2ncc(Cl)cn2)C1. The van der Waals surface area contributed by atoms with E-state index in [1.54, 1.807) is 12.4 Å². The van der Waals surface area contributed by atoms with Crippen molar-refractivity contribution in [1.29, 1.82) is 0 Å². The highest BCUT2D eigenvalue weighted by molar-refractivity contribution is 6.30.